The van der Waals surface area contributed by atoms with Crippen molar-refractivity contribution >= 4 is 47.4 Å². The molecule has 7 N–H and O–H groups in total. The van der Waals surface area contributed by atoms with Crippen LogP contribution in [0.2, 0.25) is 0 Å². The van der Waals surface area contributed by atoms with Crippen LogP contribution in [0.1, 0.15) is 192 Å². The molecule has 0 aliphatic rings. The molecule has 17 nitrogen and oxygen atoms in total. The van der Waals surface area contributed by atoms with E-state index in [1.54, 1.807) is 41.5 Å². The third kappa shape index (κ3) is 27.7. The number of esters is 3. The molecule has 1 rings (SSSR count). The van der Waals surface area contributed by atoms with Crippen molar-refractivity contribution < 1.29 is 52.6 Å². The maximum absolute atomic E-state index is 14.3. The predicted molar refractivity (Wildman–Crippen MR) is 280 cm³/mol. The van der Waals surface area contributed by atoms with Gasteiger partial charge in [0.05, 0.1) is 18.9 Å². The van der Waals surface area contributed by atoms with Gasteiger partial charge in [-0.25, -0.2) is 4.79 Å². The zero-order chi connectivity index (χ0) is 54.6. The van der Waals surface area contributed by atoms with Crippen molar-refractivity contribution in [3.8, 4) is 0 Å². The van der Waals surface area contributed by atoms with Gasteiger partial charge in [-0.3, -0.25) is 33.6 Å². The summed E-state index contributed by atoms with van der Waals surface area (Å²) in [7, 11) is 0. The largest absolute Gasteiger partial charge is 0.461 e. The van der Waals surface area contributed by atoms with Gasteiger partial charge in [-0.1, -0.05) is 150 Å². The maximum Gasteiger partial charge on any atom is 0.329 e. The predicted octanol–water partition coefficient (Wildman–Crippen LogP) is 7.25. The lowest BCUT2D eigenvalue weighted by Crippen LogP contribution is -2.61. The highest BCUT2D eigenvalue weighted by Crippen LogP contribution is 2.20. The van der Waals surface area contributed by atoms with Gasteiger partial charge in [0.15, 0.2) is 0 Å². The lowest BCUT2D eigenvalue weighted by atomic mass is 9.97. The number of nitrogens with one attached hydrogen (secondary N) is 5. The van der Waals surface area contributed by atoms with Crippen LogP contribution in [0.15, 0.2) is 30.3 Å². The van der Waals surface area contributed by atoms with E-state index in [0.29, 0.717) is 12.8 Å². The molecule has 1 aromatic carbocycles. The molecule has 8 atom stereocenters. The first-order valence-corrected chi connectivity index (χ1v) is 26.7. The molecule has 0 bridgehead atoms. The number of carbonyl (C=O) groups excluding carboxylic acids is 8. The first-order valence-electron chi connectivity index (χ1n) is 26.7. The van der Waals surface area contributed by atoms with E-state index in [4.69, 9.17) is 19.9 Å². The van der Waals surface area contributed by atoms with Crippen LogP contribution in [0.3, 0.4) is 0 Å². The molecule has 0 saturated heterocycles. The number of amides is 5. The number of hydrogen-bond donors (Lipinski definition) is 6. The highest BCUT2D eigenvalue weighted by atomic mass is 16.6. The molecule has 0 aromatic heterocycles. The van der Waals surface area contributed by atoms with Gasteiger partial charge in [-0.05, 0) is 82.6 Å². The fraction of sp³-hybridized carbons (Fsp3) is 0.745. The van der Waals surface area contributed by atoms with Gasteiger partial charge in [0, 0.05) is 0 Å². The summed E-state index contributed by atoms with van der Waals surface area (Å²) in [5, 5.41) is 13.5. The van der Waals surface area contributed by atoms with E-state index < -0.39 is 114 Å². The van der Waals surface area contributed by atoms with Crippen LogP contribution in [0, 0.1) is 23.7 Å². The van der Waals surface area contributed by atoms with Crippen LogP contribution >= 0.6 is 0 Å². The van der Waals surface area contributed by atoms with Gasteiger partial charge >= 0.3 is 17.9 Å². The van der Waals surface area contributed by atoms with E-state index in [2.05, 4.69) is 33.5 Å². The van der Waals surface area contributed by atoms with Crippen LogP contribution in [-0.2, 0) is 59.2 Å². The second-order valence-electron chi connectivity index (χ2n) is 21.7. The Bertz CT molecular complexity index is 1820. The lowest BCUT2D eigenvalue weighted by molar-refractivity contribution is -0.160. The molecule has 5 amide bonds. The molecule has 1 unspecified atom stereocenters. The molecule has 0 aliphatic carbocycles. The summed E-state index contributed by atoms with van der Waals surface area (Å²) in [4.78, 5) is 110. The Morgan fingerprint density at radius 2 is 1.06 bits per heavy atom. The minimum absolute atomic E-state index is 0.0168. The van der Waals surface area contributed by atoms with Crippen LogP contribution in [-0.4, -0.2) is 95.4 Å². The standard InChI is InChI=1S/C55H94N6O11/c1-14-16-17-18-19-20-21-22-26-29-41(32-45(62)70-34-40-27-24-23-25-28-40)71-54(69)48(38(9)15-2)61-52(67)43(31-36(5)6)58-50(65)44(33-46(63)72-55(11,12)13)59-53(68)47(37(7)8)60-51(66)42(30-35(3)4)57-49(64)39(10)56/h23-25,27-28,35-39,41-44,47-48H,14-22,26,29-34,56H2,1-13H3,(H,57,64)(H,58,65)(H,59,68)(H,60,66)(H,61,67)/t38-,39-,41?,42+,43+,44-,47-,48-/m0/s1. The average Bonchev–Trinajstić information content (AvgIpc) is 3.29. The van der Waals surface area contributed by atoms with Gasteiger partial charge in [0.2, 0.25) is 29.5 Å². The smallest absolute Gasteiger partial charge is 0.329 e. The van der Waals surface area contributed by atoms with Crippen molar-refractivity contribution in [1.29, 1.82) is 0 Å². The normalized spacial score (nSPS) is 15.0. The molecule has 17 heteroatoms. The van der Waals surface area contributed by atoms with Crippen molar-refractivity contribution in [2.24, 2.45) is 29.4 Å². The quantitative estimate of drug-likeness (QED) is 0.0224. The molecular formula is C55H94N6O11. The van der Waals surface area contributed by atoms with Gasteiger partial charge in [-0.15, -0.1) is 0 Å². The number of benzene rings is 1. The van der Waals surface area contributed by atoms with Gasteiger partial charge < -0.3 is 46.5 Å². The second kappa shape index (κ2) is 34.4. The van der Waals surface area contributed by atoms with E-state index in [0.717, 1.165) is 37.7 Å². The van der Waals surface area contributed by atoms with Gasteiger partial charge in [0.1, 0.15) is 48.5 Å². The lowest BCUT2D eigenvalue weighted by Gasteiger charge is -2.30. The van der Waals surface area contributed by atoms with Crippen LogP contribution in [0.5, 0.6) is 0 Å². The monoisotopic (exact) mass is 1010 g/mol. The second-order valence-corrected chi connectivity index (χ2v) is 21.7. The highest BCUT2D eigenvalue weighted by Gasteiger charge is 2.37. The summed E-state index contributed by atoms with van der Waals surface area (Å²) in [5.41, 5.74) is 5.64. The average molecular weight is 1020 g/mol. The first kappa shape index (κ1) is 65.0. The minimum atomic E-state index is -1.57. The van der Waals surface area contributed by atoms with E-state index in [1.807, 2.05) is 65.0 Å². The molecule has 0 radical (unpaired) electrons. The van der Waals surface area contributed by atoms with Crippen LogP contribution < -0.4 is 32.3 Å². The van der Waals surface area contributed by atoms with Gasteiger partial charge in [0.25, 0.3) is 0 Å². The van der Waals surface area contributed by atoms with Gasteiger partial charge in [-0.2, -0.15) is 0 Å². The SMILES string of the molecule is CCCCCCCCCCCC(CC(=O)OCc1ccccc1)OC(=O)[C@@H](NC(=O)[C@@H](CC(C)C)NC(=O)[C@H](CC(=O)OC(C)(C)C)NC(=O)[C@@H](NC(=O)[C@@H](CC(C)C)NC(=O)[C@H](C)N)C(C)C)[C@@H](C)CC. The Morgan fingerprint density at radius 1 is 0.569 bits per heavy atom. The van der Waals surface area contributed by atoms with E-state index in [1.165, 1.54) is 32.6 Å². The third-order valence-corrected chi connectivity index (χ3v) is 12.1. The first-order chi connectivity index (χ1) is 33.8. The number of rotatable bonds is 35. The van der Waals surface area contributed by atoms with Crippen LogP contribution in [0.25, 0.3) is 0 Å². The Morgan fingerprint density at radius 3 is 1.54 bits per heavy atom. The fourth-order valence-electron chi connectivity index (χ4n) is 7.82. The zero-order valence-electron chi connectivity index (χ0n) is 46.1. The molecule has 72 heavy (non-hydrogen) atoms. The number of hydrogen-bond acceptors (Lipinski definition) is 12. The molecule has 1 aromatic rings. The minimum Gasteiger partial charge on any atom is -0.461 e. The van der Waals surface area contributed by atoms with E-state index in [9.17, 15) is 38.4 Å². The van der Waals surface area contributed by atoms with E-state index >= 15 is 0 Å². The summed E-state index contributed by atoms with van der Waals surface area (Å²) >= 11 is 0. The Kier molecular flexibility index (Phi) is 31.0. The molecular weight excluding hydrogens is 921 g/mol. The number of nitrogens with two attached hydrogens (primary N) is 1. The summed E-state index contributed by atoms with van der Waals surface area (Å²) in [6, 6.07) is 2.17. The Balaban J connectivity index is 3.43. The topological polar surface area (TPSA) is 250 Å². The van der Waals surface area contributed by atoms with Crippen molar-refractivity contribution in [3.05, 3.63) is 35.9 Å². The zero-order valence-corrected chi connectivity index (χ0v) is 46.1. The molecule has 0 fully saturated rings. The molecule has 0 spiro atoms. The maximum atomic E-state index is 14.3. The summed E-state index contributed by atoms with van der Waals surface area (Å²) in [6.07, 6.45) is 9.39. The third-order valence-electron chi connectivity index (χ3n) is 12.1. The molecule has 0 saturated carbocycles. The summed E-state index contributed by atoms with van der Waals surface area (Å²) < 4.78 is 17.2. The van der Waals surface area contributed by atoms with Crippen LogP contribution in [0.4, 0.5) is 0 Å². The van der Waals surface area contributed by atoms with Crippen molar-refractivity contribution in [2.75, 3.05) is 0 Å². The molecule has 0 heterocycles. The fourth-order valence-corrected chi connectivity index (χ4v) is 7.82. The van der Waals surface area contributed by atoms with Crippen molar-refractivity contribution in [2.45, 2.75) is 241 Å². The Hall–Kier alpha value is -5.06. The number of unbranched alkanes of at least 4 members (excludes halogenated alkanes) is 8. The Labute approximate surface area is 431 Å². The number of carbonyl (C=O) groups is 8. The molecule has 410 valence electrons. The summed E-state index contributed by atoms with van der Waals surface area (Å²) in [6.45, 7) is 23.2. The van der Waals surface area contributed by atoms with Crippen molar-refractivity contribution in [1.82, 2.24) is 26.6 Å². The summed E-state index contributed by atoms with van der Waals surface area (Å²) in [5.74, 6) is -6.75. The number of ether oxygens (including phenoxy) is 3. The highest BCUT2D eigenvalue weighted by molar-refractivity contribution is 5.97. The molecule has 0 aliphatic heterocycles. The van der Waals surface area contributed by atoms with Crippen molar-refractivity contribution in [3.63, 3.8) is 0 Å². The van der Waals surface area contributed by atoms with E-state index in [-0.39, 0.29) is 37.7 Å².